The molecule has 0 saturated carbocycles. The van der Waals surface area contributed by atoms with E-state index in [1.165, 1.54) is 0 Å². The van der Waals surface area contributed by atoms with Crippen molar-refractivity contribution in [3.63, 3.8) is 0 Å². The first-order valence-corrected chi connectivity index (χ1v) is 8.13. The van der Waals surface area contributed by atoms with E-state index in [0.29, 0.717) is 0 Å². The van der Waals surface area contributed by atoms with Crippen LogP contribution in [0.5, 0.6) is 0 Å². The van der Waals surface area contributed by atoms with Crippen molar-refractivity contribution in [2.45, 2.75) is 39.3 Å². The van der Waals surface area contributed by atoms with Gasteiger partial charge in [0, 0.05) is 37.9 Å². The number of rotatable bonds is 5. The highest BCUT2D eigenvalue weighted by Crippen LogP contribution is 2.28. The Morgan fingerprint density at radius 2 is 2.14 bits per heavy atom. The molecule has 1 N–H and O–H groups in total. The maximum Gasteiger partial charge on any atom is 0.147 e. The predicted octanol–water partition coefficient (Wildman–Crippen LogP) is 2.77. The van der Waals surface area contributed by atoms with Crippen LogP contribution in [0, 0.1) is 0 Å². The van der Waals surface area contributed by atoms with Crippen molar-refractivity contribution >= 4 is 17.4 Å². The summed E-state index contributed by atoms with van der Waals surface area (Å²) in [7, 11) is 2.18. The normalized spacial score (nSPS) is 19.0. The second-order valence-electron chi connectivity index (χ2n) is 6.48. The molecule has 4 nitrogen and oxygen atoms in total. The lowest BCUT2D eigenvalue weighted by molar-refractivity contribution is 0.138. The fraction of sp³-hybridized carbons (Fsp3) is 0.688. The molecule has 1 aliphatic rings. The Morgan fingerprint density at radius 3 is 2.76 bits per heavy atom. The maximum atomic E-state index is 6.46. The van der Waals surface area contributed by atoms with Gasteiger partial charge in [0.25, 0.3) is 0 Å². The van der Waals surface area contributed by atoms with Crippen molar-refractivity contribution in [2.75, 3.05) is 38.1 Å². The van der Waals surface area contributed by atoms with Crippen molar-refractivity contribution in [2.24, 2.45) is 0 Å². The zero-order chi connectivity index (χ0) is 15.5. The van der Waals surface area contributed by atoms with Gasteiger partial charge in [0.1, 0.15) is 5.82 Å². The first-order chi connectivity index (χ1) is 9.94. The van der Waals surface area contributed by atoms with E-state index in [-0.39, 0.29) is 5.54 Å². The zero-order valence-electron chi connectivity index (χ0n) is 13.6. The first-order valence-electron chi connectivity index (χ1n) is 7.75. The van der Waals surface area contributed by atoms with E-state index in [1.807, 2.05) is 12.3 Å². The SMILES string of the molecule is CCCNCc1cnc(N2CCN(C)C(C)(C)C2)c(Cl)c1. The minimum absolute atomic E-state index is 0.143. The second-order valence-corrected chi connectivity index (χ2v) is 6.89. The largest absolute Gasteiger partial charge is 0.352 e. The molecular weight excluding hydrogens is 284 g/mol. The number of aromatic nitrogens is 1. The molecule has 0 spiro atoms. The molecule has 0 amide bonds. The van der Waals surface area contributed by atoms with Gasteiger partial charge in [-0.2, -0.15) is 0 Å². The molecule has 2 rings (SSSR count). The number of pyridine rings is 1. The summed E-state index contributed by atoms with van der Waals surface area (Å²) in [5.74, 6) is 0.914. The van der Waals surface area contributed by atoms with Crippen LogP contribution < -0.4 is 10.2 Å². The third-order valence-corrected chi connectivity index (χ3v) is 4.53. The minimum Gasteiger partial charge on any atom is -0.352 e. The lowest BCUT2D eigenvalue weighted by Gasteiger charge is -2.45. The molecule has 1 aromatic heterocycles. The summed E-state index contributed by atoms with van der Waals surface area (Å²) in [6.45, 7) is 11.5. The van der Waals surface area contributed by atoms with Crippen LogP contribution >= 0.6 is 11.6 Å². The molecule has 1 saturated heterocycles. The number of likely N-dealkylation sites (N-methyl/N-ethyl adjacent to an activating group) is 1. The minimum atomic E-state index is 0.143. The van der Waals surface area contributed by atoms with Crippen molar-refractivity contribution < 1.29 is 0 Å². The van der Waals surface area contributed by atoms with Gasteiger partial charge in [0.2, 0.25) is 0 Å². The molecule has 0 bridgehead atoms. The molecular formula is C16H27ClN4. The van der Waals surface area contributed by atoms with Gasteiger partial charge in [-0.25, -0.2) is 4.98 Å². The van der Waals surface area contributed by atoms with E-state index in [9.17, 15) is 0 Å². The van der Waals surface area contributed by atoms with Crippen LogP contribution in [-0.4, -0.2) is 48.6 Å². The highest BCUT2D eigenvalue weighted by molar-refractivity contribution is 6.33. The van der Waals surface area contributed by atoms with Crippen LogP contribution in [0.4, 0.5) is 5.82 Å². The number of halogens is 1. The van der Waals surface area contributed by atoms with Gasteiger partial charge in [-0.15, -0.1) is 0 Å². The van der Waals surface area contributed by atoms with Crippen LogP contribution in [-0.2, 0) is 6.54 Å². The van der Waals surface area contributed by atoms with E-state index >= 15 is 0 Å². The van der Waals surface area contributed by atoms with Gasteiger partial charge in [0.05, 0.1) is 5.02 Å². The molecule has 1 aromatic rings. The number of hydrogen-bond donors (Lipinski definition) is 1. The Bertz CT molecular complexity index is 475. The molecule has 1 aliphatic heterocycles. The first kappa shape index (κ1) is 16.5. The summed E-state index contributed by atoms with van der Waals surface area (Å²) in [4.78, 5) is 9.29. The smallest absolute Gasteiger partial charge is 0.147 e. The number of piperazine rings is 1. The van der Waals surface area contributed by atoms with Crippen LogP contribution in [0.1, 0.15) is 32.8 Å². The zero-order valence-corrected chi connectivity index (χ0v) is 14.4. The highest BCUT2D eigenvalue weighted by atomic mass is 35.5. The Hall–Kier alpha value is -0.840. The average Bonchev–Trinajstić information content (AvgIpc) is 2.42. The summed E-state index contributed by atoms with van der Waals surface area (Å²) in [5.41, 5.74) is 1.29. The van der Waals surface area contributed by atoms with E-state index in [1.54, 1.807) is 0 Å². The van der Waals surface area contributed by atoms with Crippen LogP contribution in [0.15, 0.2) is 12.3 Å². The fourth-order valence-electron chi connectivity index (χ4n) is 2.63. The predicted molar refractivity (Wildman–Crippen MR) is 90.2 cm³/mol. The molecule has 1 fully saturated rings. The highest BCUT2D eigenvalue weighted by Gasteiger charge is 2.32. The lowest BCUT2D eigenvalue weighted by Crippen LogP contribution is -2.58. The van der Waals surface area contributed by atoms with E-state index in [4.69, 9.17) is 11.6 Å². The molecule has 5 heteroatoms. The average molecular weight is 311 g/mol. The number of anilines is 1. The second kappa shape index (κ2) is 6.95. The van der Waals surface area contributed by atoms with Gasteiger partial charge in [-0.1, -0.05) is 18.5 Å². The molecule has 0 atom stereocenters. The summed E-state index contributed by atoms with van der Waals surface area (Å²) in [6, 6.07) is 2.04. The molecule has 0 aliphatic carbocycles. The fourth-order valence-corrected chi connectivity index (χ4v) is 2.94. The Kier molecular flexibility index (Phi) is 5.47. The topological polar surface area (TPSA) is 31.4 Å². The molecule has 0 radical (unpaired) electrons. The quantitative estimate of drug-likeness (QED) is 0.847. The van der Waals surface area contributed by atoms with E-state index in [0.717, 1.165) is 55.5 Å². The van der Waals surface area contributed by atoms with Crippen molar-refractivity contribution in [3.8, 4) is 0 Å². The molecule has 0 unspecified atom stereocenters. The van der Waals surface area contributed by atoms with Gasteiger partial charge in [-0.3, -0.25) is 4.90 Å². The van der Waals surface area contributed by atoms with Crippen LogP contribution in [0.2, 0.25) is 5.02 Å². The molecule has 2 heterocycles. The lowest BCUT2D eigenvalue weighted by atomic mass is 10.00. The Morgan fingerprint density at radius 1 is 1.38 bits per heavy atom. The Balaban J connectivity index is 2.07. The van der Waals surface area contributed by atoms with E-state index < -0.39 is 0 Å². The summed E-state index contributed by atoms with van der Waals surface area (Å²) in [5, 5.41) is 4.13. The van der Waals surface area contributed by atoms with Crippen LogP contribution in [0.25, 0.3) is 0 Å². The third-order valence-electron chi connectivity index (χ3n) is 4.25. The summed E-state index contributed by atoms with van der Waals surface area (Å²) in [6.07, 6.45) is 3.07. The molecule has 0 aromatic carbocycles. The van der Waals surface area contributed by atoms with Gasteiger partial charge in [0.15, 0.2) is 0 Å². The Labute approximate surface area is 133 Å². The van der Waals surface area contributed by atoms with Crippen LogP contribution in [0.3, 0.4) is 0 Å². The summed E-state index contributed by atoms with van der Waals surface area (Å²) < 4.78 is 0. The molecule has 21 heavy (non-hydrogen) atoms. The number of nitrogens with one attached hydrogen (secondary N) is 1. The van der Waals surface area contributed by atoms with Crippen molar-refractivity contribution in [1.82, 2.24) is 15.2 Å². The van der Waals surface area contributed by atoms with Crippen molar-refractivity contribution in [3.05, 3.63) is 22.8 Å². The molecule has 118 valence electrons. The maximum absolute atomic E-state index is 6.46. The number of nitrogens with zero attached hydrogens (tertiary/aromatic N) is 3. The summed E-state index contributed by atoms with van der Waals surface area (Å²) >= 11 is 6.46. The van der Waals surface area contributed by atoms with Crippen molar-refractivity contribution in [1.29, 1.82) is 0 Å². The standard InChI is InChI=1S/C16H27ClN4/c1-5-6-18-10-13-9-14(17)15(19-11-13)21-8-7-20(4)16(2,3)12-21/h9,11,18H,5-8,10,12H2,1-4H3. The van der Waals surface area contributed by atoms with Gasteiger partial charge in [-0.05, 0) is 45.5 Å². The monoisotopic (exact) mass is 310 g/mol. The van der Waals surface area contributed by atoms with E-state index in [2.05, 4.69) is 47.9 Å². The van der Waals surface area contributed by atoms with Gasteiger partial charge >= 0.3 is 0 Å². The van der Waals surface area contributed by atoms with Gasteiger partial charge < -0.3 is 10.2 Å². The third kappa shape index (κ3) is 4.09. The number of hydrogen-bond acceptors (Lipinski definition) is 4.